The van der Waals surface area contributed by atoms with E-state index in [1.807, 2.05) is 0 Å². The van der Waals surface area contributed by atoms with E-state index in [9.17, 15) is 14.4 Å². The van der Waals surface area contributed by atoms with Gasteiger partial charge >= 0.3 is 0 Å². The van der Waals surface area contributed by atoms with Crippen LogP contribution in [0.15, 0.2) is 24.3 Å². The van der Waals surface area contributed by atoms with Crippen LogP contribution in [0.1, 0.15) is 46.5 Å². The van der Waals surface area contributed by atoms with Crippen LogP contribution in [0.2, 0.25) is 0 Å². The fraction of sp³-hybridized carbons (Fsp3) is 0.312. The summed E-state index contributed by atoms with van der Waals surface area (Å²) in [7, 11) is 0. The van der Waals surface area contributed by atoms with E-state index in [0.29, 0.717) is 21.3 Å². The normalized spacial score (nSPS) is 14.0. The SMILES string of the molecule is CC(C)(C)C(=O)Nc1nnc(CN2C(=O)c3ccccc3C2=O)s1. The Kier molecular flexibility index (Phi) is 3.92. The molecular weight excluding hydrogens is 328 g/mol. The zero-order valence-corrected chi connectivity index (χ0v) is 14.3. The lowest BCUT2D eigenvalue weighted by Gasteiger charge is -2.15. The Labute approximate surface area is 142 Å². The average Bonchev–Trinajstić information content (AvgIpc) is 3.06. The average molecular weight is 344 g/mol. The third-order valence-corrected chi connectivity index (χ3v) is 4.36. The predicted octanol–water partition coefficient (Wildman–Crippen LogP) is 2.32. The molecule has 0 saturated carbocycles. The van der Waals surface area contributed by atoms with Gasteiger partial charge in [-0.1, -0.05) is 44.2 Å². The number of nitrogens with zero attached hydrogens (tertiary/aromatic N) is 3. The third kappa shape index (κ3) is 2.92. The van der Waals surface area contributed by atoms with Gasteiger partial charge in [0.1, 0.15) is 5.01 Å². The minimum atomic E-state index is -0.547. The Morgan fingerprint density at radius 3 is 2.25 bits per heavy atom. The van der Waals surface area contributed by atoms with Crippen molar-refractivity contribution in [2.24, 2.45) is 5.41 Å². The van der Waals surface area contributed by atoms with Crippen molar-refractivity contribution in [1.29, 1.82) is 0 Å². The lowest BCUT2D eigenvalue weighted by molar-refractivity contribution is -0.123. The highest BCUT2D eigenvalue weighted by atomic mass is 32.1. The number of aromatic nitrogens is 2. The molecule has 3 amide bonds. The Hall–Kier alpha value is -2.61. The van der Waals surface area contributed by atoms with Gasteiger partial charge in [-0.2, -0.15) is 0 Å². The number of benzene rings is 1. The van der Waals surface area contributed by atoms with Gasteiger partial charge in [-0.3, -0.25) is 19.3 Å². The lowest BCUT2D eigenvalue weighted by Crippen LogP contribution is -2.29. The van der Waals surface area contributed by atoms with Gasteiger partial charge in [0.2, 0.25) is 11.0 Å². The van der Waals surface area contributed by atoms with E-state index in [2.05, 4.69) is 15.5 Å². The number of amides is 3. The molecule has 24 heavy (non-hydrogen) atoms. The smallest absolute Gasteiger partial charge is 0.261 e. The third-order valence-electron chi connectivity index (χ3n) is 3.54. The molecular formula is C16H16N4O3S. The van der Waals surface area contributed by atoms with Gasteiger partial charge in [-0.25, -0.2) is 0 Å². The van der Waals surface area contributed by atoms with Crippen LogP contribution < -0.4 is 5.32 Å². The molecule has 0 atom stereocenters. The topological polar surface area (TPSA) is 92.3 Å². The number of anilines is 1. The highest BCUT2D eigenvalue weighted by molar-refractivity contribution is 7.15. The minimum Gasteiger partial charge on any atom is -0.300 e. The van der Waals surface area contributed by atoms with Crippen molar-refractivity contribution in [2.45, 2.75) is 27.3 Å². The zero-order chi connectivity index (χ0) is 17.5. The van der Waals surface area contributed by atoms with E-state index in [4.69, 9.17) is 0 Å². The van der Waals surface area contributed by atoms with E-state index in [-0.39, 0.29) is 24.3 Å². The summed E-state index contributed by atoms with van der Waals surface area (Å²) >= 11 is 1.15. The second-order valence-electron chi connectivity index (χ2n) is 6.45. The van der Waals surface area contributed by atoms with Crippen LogP contribution >= 0.6 is 11.3 Å². The van der Waals surface area contributed by atoms with Crippen LogP contribution in [0, 0.1) is 5.41 Å². The zero-order valence-electron chi connectivity index (χ0n) is 13.5. The second-order valence-corrected chi connectivity index (χ2v) is 7.51. The van der Waals surface area contributed by atoms with Crippen LogP contribution in [-0.2, 0) is 11.3 Å². The molecule has 1 aliphatic heterocycles. The molecule has 0 spiro atoms. The molecule has 1 aliphatic rings. The van der Waals surface area contributed by atoms with E-state index in [1.165, 1.54) is 0 Å². The highest BCUT2D eigenvalue weighted by Gasteiger charge is 2.35. The quantitative estimate of drug-likeness (QED) is 0.863. The van der Waals surface area contributed by atoms with E-state index in [1.54, 1.807) is 45.0 Å². The molecule has 0 bridgehead atoms. The first-order valence-electron chi connectivity index (χ1n) is 7.36. The molecule has 0 unspecified atom stereocenters. The molecule has 0 saturated heterocycles. The molecule has 2 heterocycles. The molecule has 2 aromatic rings. The van der Waals surface area contributed by atoms with Crippen molar-refractivity contribution >= 4 is 34.2 Å². The maximum atomic E-state index is 12.3. The minimum absolute atomic E-state index is 0.0371. The first kappa shape index (κ1) is 16.3. The van der Waals surface area contributed by atoms with Crippen LogP contribution in [0.5, 0.6) is 0 Å². The lowest BCUT2D eigenvalue weighted by atomic mass is 9.96. The van der Waals surface area contributed by atoms with E-state index < -0.39 is 5.41 Å². The molecule has 7 nitrogen and oxygen atoms in total. The number of hydrogen-bond donors (Lipinski definition) is 1. The number of imide groups is 1. The van der Waals surface area contributed by atoms with Crippen LogP contribution in [-0.4, -0.2) is 32.8 Å². The number of hydrogen-bond acceptors (Lipinski definition) is 6. The Bertz CT molecular complexity index is 803. The van der Waals surface area contributed by atoms with Crippen molar-refractivity contribution in [3.63, 3.8) is 0 Å². The summed E-state index contributed by atoms with van der Waals surface area (Å²) in [4.78, 5) is 37.7. The number of nitrogens with one attached hydrogen (secondary N) is 1. The molecule has 1 N–H and O–H groups in total. The molecule has 124 valence electrons. The largest absolute Gasteiger partial charge is 0.300 e. The molecule has 8 heteroatoms. The van der Waals surface area contributed by atoms with Gasteiger partial charge in [0, 0.05) is 5.41 Å². The number of carbonyl (C=O) groups is 3. The molecule has 0 fully saturated rings. The van der Waals surface area contributed by atoms with Crippen molar-refractivity contribution in [1.82, 2.24) is 15.1 Å². The number of carbonyl (C=O) groups excluding carboxylic acids is 3. The second kappa shape index (κ2) is 5.79. The summed E-state index contributed by atoms with van der Waals surface area (Å²) in [5.41, 5.74) is 0.246. The molecule has 1 aromatic heterocycles. The van der Waals surface area contributed by atoms with Crippen molar-refractivity contribution in [2.75, 3.05) is 5.32 Å². The Balaban J connectivity index is 1.74. The highest BCUT2D eigenvalue weighted by Crippen LogP contribution is 2.26. The van der Waals surface area contributed by atoms with Gasteiger partial charge < -0.3 is 5.32 Å². The number of fused-ring (bicyclic) bond motifs is 1. The molecule has 1 aromatic carbocycles. The van der Waals surface area contributed by atoms with Gasteiger partial charge in [-0.15, -0.1) is 10.2 Å². The van der Waals surface area contributed by atoms with E-state index >= 15 is 0 Å². The maximum absolute atomic E-state index is 12.3. The van der Waals surface area contributed by atoms with Crippen molar-refractivity contribution in [3.8, 4) is 0 Å². The summed E-state index contributed by atoms with van der Waals surface area (Å²) < 4.78 is 0. The van der Waals surface area contributed by atoms with Gasteiger partial charge in [0.15, 0.2) is 0 Å². The van der Waals surface area contributed by atoms with E-state index in [0.717, 1.165) is 16.2 Å². The molecule has 3 rings (SSSR count). The van der Waals surface area contributed by atoms with Crippen LogP contribution in [0.25, 0.3) is 0 Å². The van der Waals surface area contributed by atoms with Crippen molar-refractivity contribution < 1.29 is 14.4 Å². The molecule has 0 radical (unpaired) electrons. The van der Waals surface area contributed by atoms with Gasteiger partial charge in [0.25, 0.3) is 11.8 Å². The Morgan fingerprint density at radius 1 is 1.12 bits per heavy atom. The number of rotatable bonds is 3. The standard InChI is InChI=1S/C16H16N4O3S/c1-16(2,3)14(23)17-15-19-18-11(24-15)8-20-12(21)9-6-4-5-7-10(9)13(20)22/h4-7H,8H2,1-3H3,(H,17,19,23). The Morgan fingerprint density at radius 2 is 1.71 bits per heavy atom. The molecule has 0 aliphatic carbocycles. The maximum Gasteiger partial charge on any atom is 0.261 e. The monoisotopic (exact) mass is 344 g/mol. The fourth-order valence-corrected chi connectivity index (χ4v) is 2.89. The summed E-state index contributed by atoms with van der Waals surface area (Å²) in [6, 6.07) is 6.70. The van der Waals surface area contributed by atoms with Crippen LogP contribution in [0.4, 0.5) is 5.13 Å². The summed E-state index contributed by atoms with van der Waals surface area (Å²) in [5.74, 6) is -0.858. The van der Waals surface area contributed by atoms with Crippen LogP contribution in [0.3, 0.4) is 0 Å². The van der Waals surface area contributed by atoms with Gasteiger partial charge in [0.05, 0.1) is 17.7 Å². The summed E-state index contributed by atoms with van der Waals surface area (Å²) in [5, 5.41) is 11.4. The fourth-order valence-electron chi connectivity index (χ4n) is 2.17. The predicted molar refractivity (Wildman–Crippen MR) is 88.6 cm³/mol. The summed E-state index contributed by atoms with van der Waals surface area (Å²) in [6.07, 6.45) is 0. The first-order valence-corrected chi connectivity index (χ1v) is 8.18. The van der Waals surface area contributed by atoms with Crippen molar-refractivity contribution in [3.05, 3.63) is 40.4 Å². The summed E-state index contributed by atoms with van der Waals surface area (Å²) in [6.45, 7) is 5.42. The van der Waals surface area contributed by atoms with Gasteiger partial charge in [-0.05, 0) is 12.1 Å². The first-order chi connectivity index (χ1) is 11.3.